The molecule has 2 atom stereocenters. The van der Waals surface area contributed by atoms with Crippen molar-refractivity contribution >= 4 is 28.9 Å². The third-order valence-electron chi connectivity index (χ3n) is 5.14. The first-order valence-corrected chi connectivity index (χ1v) is 10.1. The highest BCUT2D eigenvalue weighted by atomic mass is 35.5. The Morgan fingerprint density at radius 2 is 2.27 bits per heavy atom. The molecule has 2 heterocycles. The van der Waals surface area contributed by atoms with Gasteiger partial charge in [0.1, 0.15) is 11.6 Å². The zero-order valence-electron chi connectivity index (χ0n) is 15.1. The van der Waals surface area contributed by atoms with Crippen LogP contribution in [0.25, 0.3) is 0 Å². The molecule has 140 valence electrons. The number of fused-ring (bicyclic) bond motifs is 1. The van der Waals surface area contributed by atoms with E-state index in [0.29, 0.717) is 19.6 Å². The Hall–Kier alpha value is -1.40. The van der Waals surface area contributed by atoms with Gasteiger partial charge in [-0.1, -0.05) is 30.7 Å². The van der Waals surface area contributed by atoms with Crippen LogP contribution in [0, 0.1) is 0 Å². The van der Waals surface area contributed by atoms with Gasteiger partial charge in [-0.25, -0.2) is 0 Å². The van der Waals surface area contributed by atoms with Gasteiger partial charge in [0.25, 0.3) is 0 Å². The standard InChI is InChI=1S/C20H24ClNO3S/c1-3-17(19(23)24)22(2)10-5-9-20(18-6-4-11-26-18)16-8-7-15(21)12-14(16)13-25-20/h4,6-8,11-12,17H,3,5,9-10,13H2,1-2H3,(H,23,24). The predicted octanol–water partition coefficient (Wildman–Crippen LogP) is 4.75. The summed E-state index contributed by atoms with van der Waals surface area (Å²) in [7, 11) is 1.88. The Bertz CT molecular complexity index is 764. The Balaban J connectivity index is 1.79. The van der Waals surface area contributed by atoms with Crippen LogP contribution in [0.4, 0.5) is 0 Å². The van der Waals surface area contributed by atoms with E-state index >= 15 is 0 Å². The van der Waals surface area contributed by atoms with Crippen LogP contribution in [-0.4, -0.2) is 35.6 Å². The average molecular weight is 394 g/mol. The molecule has 2 unspecified atom stereocenters. The minimum Gasteiger partial charge on any atom is -0.480 e. The first-order chi connectivity index (χ1) is 12.5. The number of benzene rings is 1. The second-order valence-electron chi connectivity index (χ2n) is 6.74. The van der Waals surface area contributed by atoms with Crippen molar-refractivity contribution in [1.82, 2.24) is 4.90 Å². The van der Waals surface area contributed by atoms with Gasteiger partial charge >= 0.3 is 5.97 Å². The van der Waals surface area contributed by atoms with Crippen LogP contribution in [0.15, 0.2) is 35.7 Å². The summed E-state index contributed by atoms with van der Waals surface area (Å²) in [5.41, 5.74) is 1.85. The molecule has 1 aromatic heterocycles. The third kappa shape index (κ3) is 3.67. The van der Waals surface area contributed by atoms with Gasteiger partial charge < -0.3 is 9.84 Å². The lowest BCUT2D eigenvalue weighted by molar-refractivity contribution is -0.142. The molecule has 1 aliphatic heterocycles. The van der Waals surface area contributed by atoms with Gasteiger partial charge in [0, 0.05) is 9.90 Å². The number of hydrogen-bond donors (Lipinski definition) is 1. The van der Waals surface area contributed by atoms with Crippen molar-refractivity contribution in [3.63, 3.8) is 0 Å². The van der Waals surface area contributed by atoms with Crippen molar-refractivity contribution in [3.05, 3.63) is 56.7 Å². The minimum absolute atomic E-state index is 0.441. The van der Waals surface area contributed by atoms with Crippen LogP contribution in [0.1, 0.15) is 42.2 Å². The van der Waals surface area contributed by atoms with Crippen molar-refractivity contribution < 1.29 is 14.6 Å². The molecule has 6 heteroatoms. The fourth-order valence-corrected chi connectivity index (χ4v) is 4.92. The third-order valence-corrected chi connectivity index (χ3v) is 6.39. The summed E-state index contributed by atoms with van der Waals surface area (Å²) in [4.78, 5) is 14.5. The molecule has 4 nitrogen and oxygen atoms in total. The molecule has 1 aliphatic rings. The number of ether oxygens (including phenoxy) is 1. The van der Waals surface area contributed by atoms with Crippen molar-refractivity contribution in [2.75, 3.05) is 13.6 Å². The maximum atomic E-state index is 11.4. The van der Waals surface area contributed by atoms with Gasteiger partial charge in [-0.05, 0) is 67.6 Å². The van der Waals surface area contributed by atoms with Gasteiger partial charge in [-0.15, -0.1) is 11.3 Å². The molecule has 3 rings (SSSR count). The van der Waals surface area contributed by atoms with Gasteiger partial charge in [0.05, 0.1) is 6.61 Å². The number of carboxylic acids is 1. The van der Waals surface area contributed by atoms with Gasteiger partial charge in [-0.2, -0.15) is 0 Å². The Morgan fingerprint density at radius 3 is 2.92 bits per heavy atom. The molecule has 0 saturated heterocycles. The number of carbonyl (C=O) groups is 1. The minimum atomic E-state index is -0.764. The Kier molecular flexibility index (Phi) is 6.03. The average Bonchev–Trinajstić information content (AvgIpc) is 3.24. The molecule has 2 aromatic rings. The van der Waals surface area contributed by atoms with Crippen LogP contribution >= 0.6 is 22.9 Å². The van der Waals surface area contributed by atoms with Crippen molar-refractivity contribution in [3.8, 4) is 0 Å². The lowest BCUT2D eigenvalue weighted by Gasteiger charge is -2.30. The summed E-state index contributed by atoms with van der Waals surface area (Å²) in [6, 6.07) is 9.69. The Morgan fingerprint density at radius 1 is 1.46 bits per heavy atom. The number of rotatable bonds is 8. The van der Waals surface area contributed by atoms with E-state index in [4.69, 9.17) is 16.3 Å². The summed E-state index contributed by atoms with van der Waals surface area (Å²) in [5.74, 6) is -0.764. The molecule has 1 aromatic carbocycles. The predicted molar refractivity (Wildman–Crippen MR) is 105 cm³/mol. The fraction of sp³-hybridized carbons (Fsp3) is 0.450. The van der Waals surface area contributed by atoms with Crippen LogP contribution in [0.5, 0.6) is 0 Å². The SMILES string of the molecule is CCC(C(=O)O)N(C)CCCC1(c2cccs2)OCc2cc(Cl)ccc21. The van der Waals surface area contributed by atoms with Crippen LogP contribution in [-0.2, 0) is 21.7 Å². The first-order valence-electron chi connectivity index (χ1n) is 8.88. The van der Waals surface area contributed by atoms with E-state index in [9.17, 15) is 9.90 Å². The second kappa shape index (κ2) is 8.09. The van der Waals surface area contributed by atoms with E-state index in [1.165, 1.54) is 10.4 Å². The maximum Gasteiger partial charge on any atom is 0.320 e. The first kappa shape index (κ1) is 19.4. The van der Waals surface area contributed by atoms with E-state index in [2.05, 4.69) is 17.5 Å². The number of likely N-dealkylation sites (N-methyl/N-ethyl adjacent to an activating group) is 1. The molecule has 0 fully saturated rings. The number of aliphatic carboxylic acids is 1. The van der Waals surface area contributed by atoms with Crippen LogP contribution in [0.2, 0.25) is 5.02 Å². The maximum absolute atomic E-state index is 11.4. The van der Waals surface area contributed by atoms with E-state index in [-0.39, 0.29) is 0 Å². The van der Waals surface area contributed by atoms with Gasteiger partial charge in [0.2, 0.25) is 0 Å². The van der Waals surface area contributed by atoms with E-state index in [1.54, 1.807) is 11.3 Å². The summed E-state index contributed by atoms with van der Waals surface area (Å²) in [5, 5.41) is 12.1. The molecule has 0 amide bonds. The van der Waals surface area contributed by atoms with Crippen LogP contribution < -0.4 is 0 Å². The number of halogens is 1. The lowest BCUT2D eigenvalue weighted by atomic mass is 9.86. The van der Waals surface area contributed by atoms with Crippen molar-refractivity contribution in [2.45, 2.75) is 44.4 Å². The fourth-order valence-electron chi connectivity index (χ4n) is 3.80. The number of nitrogens with zero attached hydrogens (tertiary/aromatic N) is 1. The summed E-state index contributed by atoms with van der Waals surface area (Å²) in [6.45, 7) is 3.17. The highest BCUT2D eigenvalue weighted by Gasteiger charge is 2.42. The molecular formula is C20H24ClNO3S. The molecule has 0 radical (unpaired) electrons. The zero-order chi connectivity index (χ0) is 18.7. The molecule has 0 saturated carbocycles. The summed E-state index contributed by atoms with van der Waals surface area (Å²) in [6.07, 6.45) is 2.25. The molecule has 0 spiro atoms. The zero-order valence-corrected chi connectivity index (χ0v) is 16.6. The number of thiophene rings is 1. The molecule has 26 heavy (non-hydrogen) atoms. The van der Waals surface area contributed by atoms with Crippen LogP contribution in [0.3, 0.4) is 0 Å². The number of carboxylic acid groups (broad SMARTS) is 1. The smallest absolute Gasteiger partial charge is 0.320 e. The Labute approximate surface area is 163 Å². The molecule has 0 aliphatic carbocycles. The highest BCUT2D eigenvalue weighted by molar-refractivity contribution is 7.10. The molecular weight excluding hydrogens is 370 g/mol. The number of hydrogen-bond acceptors (Lipinski definition) is 4. The summed E-state index contributed by atoms with van der Waals surface area (Å²) >= 11 is 7.85. The van der Waals surface area contributed by atoms with E-state index < -0.39 is 17.6 Å². The quantitative estimate of drug-likeness (QED) is 0.703. The molecule has 1 N–H and O–H groups in total. The normalized spacial score (nSPS) is 20.3. The van der Waals surface area contributed by atoms with Gasteiger partial charge in [0.15, 0.2) is 0 Å². The lowest BCUT2D eigenvalue weighted by Crippen LogP contribution is -2.39. The second-order valence-corrected chi connectivity index (χ2v) is 8.13. The highest BCUT2D eigenvalue weighted by Crippen LogP contribution is 2.47. The van der Waals surface area contributed by atoms with Gasteiger partial charge in [-0.3, -0.25) is 9.69 Å². The van der Waals surface area contributed by atoms with Crippen molar-refractivity contribution in [1.29, 1.82) is 0 Å². The summed E-state index contributed by atoms with van der Waals surface area (Å²) < 4.78 is 6.34. The van der Waals surface area contributed by atoms with E-state index in [1.807, 2.05) is 37.1 Å². The topological polar surface area (TPSA) is 49.8 Å². The largest absolute Gasteiger partial charge is 0.480 e. The van der Waals surface area contributed by atoms with E-state index in [0.717, 1.165) is 23.4 Å². The monoisotopic (exact) mass is 393 g/mol. The van der Waals surface area contributed by atoms with Crippen molar-refractivity contribution in [2.24, 2.45) is 0 Å². The molecule has 0 bridgehead atoms.